The monoisotopic (exact) mass is 473 g/mol. The lowest BCUT2D eigenvalue weighted by atomic mass is 10.0. The number of amides is 1. The van der Waals surface area contributed by atoms with Crippen molar-refractivity contribution in [2.45, 2.75) is 0 Å². The number of ether oxygens (including phenoxy) is 1. The van der Waals surface area contributed by atoms with Crippen LogP contribution in [0.1, 0.15) is 20.7 Å². The summed E-state index contributed by atoms with van der Waals surface area (Å²) >= 11 is 19.3. The number of methoxy groups -OCH3 is 1. The number of hydrogen-bond acceptors (Lipinski definition) is 4. The maximum absolute atomic E-state index is 13.2. The molecule has 1 aromatic heterocycles. The molecule has 150 valence electrons. The van der Waals surface area contributed by atoms with Gasteiger partial charge in [-0.1, -0.05) is 46.9 Å². The Balaban J connectivity index is 2.00. The molecule has 1 amide bonds. The highest BCUT2D eigenvalue weighted by atomic mass is 35.5. The number of aromatic carboxylic acids is 1. The molecule has 0 aliphatic carbocycles. The lowest BCUT2D eigenvalue weighted by Crippen LogP contribution is -2.14. The lowest BCUT2D eigenvalue weighted by molar-refractivity contribution is 0.0699. The van der Waals surface area contributed by atoms with E-state index >= 15 is 0 Å². The van der Waals surface area contributed by atoms with Crippen LogP contribution in [-0.2, 0) is 0 Å². The Morgan fingerprint density at radius 3 is 2.38 bits per heavy atom. The molecule has 10 heteroatoms. The first-order valence-electron chi connectivity index (χ1n) is 7.88. The largest absolute Gasteiger partial charge is 0.494 e. The van der Waals surface area contributed by atoms with Gasteiger partial charge in [0.15, 0.2) is 5.75 Å². The quantitative estimate of drug-likeness (QED) is 0.415. The summed E-state index contributed by atoms with van der Waals surface area (Å²) in [4.78, 5) is 24.5. The van der Waals surface area contributed by atoms with E-state index in [4.69, 9.17) is 39.5 Å². The summed E-state index contributed by atoms with van der Waals surface area (Å²) in [6.45, 7) is 0. The molecule has 0 saturated carbocycles. The summed E-state index contributed by atoms with van der Waals surface area (Å²) in [6, 6.07) is 6.62. The highest BCUT2D eigenvalue weighted by Crippen LogP contribution is 2.41. The number of carbonyl (C=O) groups excluding carboxylic acids is 1. The van der Waals surface area contributed by atoms with E-state index in [9.17, 15) is 19.1 Å². The van der Waals surface area contributed by atoms with Crippen LogP contribution in [-0.4, -0.2) is 24.1 Å². The molecule has 3 rings (SSSR count). The van der Waals surface area contributed by atoms with Gasteiger partial charge in [-0.05, 0) is 23.8 Å². The first kappa shape index (κ1) is 21.4. The van der Waals surface area contributed by atoms with E-state index in [-0.39, 0.29) is 36.9 Å². The van der Waals surface area contributed by atoms with E-state index < -0.39 is 17.7 Å². The molecule has 0 spiro atoms. The molecule has 0 radical (unpaired) electrons. The van der Waals surface area contributed by atoms with E-state index in [1.54, 1.807) is 5.38 Å². The van der Waals surface area contributed by atoms with E-state index in [1.807, 2.05) is 0 Å². The number of anilines is 1. The van der Waals surface area contributed by atoms with Crippen LogP contribution in [0.25, 0.3) is 11.1 Å². The first-order chi connectivity index (χ1) is 13.7. The molecule has 0 atom stereocenters. The standard InChI is InChI=1S/C19H11Cl3FNO4S/c1-28-16-12(20)6-10(14(21)15(16)22)17(25)24-18-13(19(26)27)11(7-29-18)8-2-4-9(23)5-3-8/h2-7H,1H3,(H,24,25)(H,26,27). The van der Waals surface area contributed by atoms with Gasteiger partial charge in [0.05, 0.1) is 22.7 Å². The lowest BCUT2D eigenvalue weighted by Gasteiger charge is -2.12. The molecule has 2 aromatic carbocycles. The van der Waals surface area contributed by atoms with Gasteiger partial charge in [-0.2, -0.15) is 0 Å². The van der Waals surface area contributed by atoms with Gasteiger partial charge in [-0.15, -0.1) is 11.3 Å². The minimum Gasteiger partial charge on any atom is -0.494 e. The summed E-state index contributed by atoms with van der Waals surface area (Å²) in [5, 5.41) is 13.8. The average molecular weight is 475 g/mol. The number of carboxylic acids is 1. The summed E-state index contributed by atoms with van der Waals surface area (Å²) in [6.07, 6.45) is 0. The Morgan fingerprint density at radius 1 is 1.14 bits per heavy atom. The van der Waals surface area contributed by atoms with Crippen molar-refractivity contribution in [2.24, 2.45) is 0 Å². The van der Waals surface area contributed by atoms with Crippen molar-refractivity contribution in [3.63, 3.8) is 0 Å². The summed E-state index contributed by atoms with van der Waals surface area (Å²) < 4.78 is 18.2. The van der Waals surface area contributed by atoms with Crippen molar-refractivity contribution in [2.75, 3.05) is 12.4 Å². The minimum atomic E-state index is -1.25. The predicted octanol–water partition coefficient (Wildman–Crippen LogP) is 6.47. The molecule has 0 aliphatic heterocycles. The number of halogens is 4. The summed E-state index contributed by atoms with van der Waals surface area (Å²) in [5.41, 5.74) is 0.663. The second kappa shape index (κ2) is 8.59. The fourth-order valence-electron chi connectivity index (χ4n) is 2.61. The third-order valence-electron chi connectivity index (χ3n) is 3.95. The molecule has 0 unspecified atom stereocenters. The van der Waals surface area contributed by atoms with Crippen molar-refractivity contribution in [1.29, 1.82) is 0 Å². The van der Waals surface area contributed by atoms with Crippen LogP contribution < -0.4 is 10.1 Å². The molecular formula is C19H11Cl3FNO4S. The maximum Gasteiger partial charge on any atom is 0.339 e. The van der Waals surface area contributed by atoms with Crippen LogP contribution in [0.2, 0.25) is 15.1 Å². The molecule has 29 heavy (non-hydrogen) atoms. The Hall–Kier alpha value is -2.32. The van der Waals surface area contributed by atoms with E-state index in [1.165, 1.54) is 37.4 Å². The minimum absolute atomic E-state index is 0.0385. The smallest absolute Gasteiger partial charge is 0.339 e. The van der Waals surface area contributed by atoms with Crippen molar-refractivity contribution in [1.82, 2.24) is 0 Å². The van der Waals surface area contributed by atoms with E-state index in [0.717, 1.165) is 11.3 Å². The van der Waals surface area contributed by atoms with Gasteiger partial charge >= 0.3 is 5.97 Å². The second-order valence-electron chi connectivity index (χ2n) is 5.69. The summed E-state index contributed by atoms with van der Waals surface area (Å²) in [5.74, 6) is -2.28. The number of nitrogens with one attached hydrogen (secondary N) is 1. The van der Waals surface area contributed by atoms with Crippen LogP contribution in [0.3, 0.4) is 0 Å². The second-order valence-corrected chi connectivity index (χ2v) is 7.73. The van der Waals surface area contributed by atoms with Crippen molar-refractivity contribution >= 4 is 63.0 Å². The average Bonchev–Trinajstić information content (AvgIpc) is 3.09. The zero-order valence-electron chi connectivity index (χ0n) is 14.6. The fraction of sp³-hybridized carbons (Fsp3) is 0.0526. The van der Waals surface area contributed by atoms with Crippen LogP contribution in [0.15, 0.2) is 35.7 Å². The normalized spacial score (nSPS) is 10.7. The van der Waals surface area contributed by atoms with Gasteiger partial charge in [0, 0.05) is 10.9 Å². The van der Waals surface area contributed by atoms with Gasteiger partial charge in [0.2, 0.25) is 0 Å². The molecule has 3 aromatic rings. The molecule has 0 aliphatic rings. The van der Waals surface area contributed by atoms with E-state index in [0.29, 0.717) is 11.1 Å². The highest BCUT2D eigenvalue weighted by molar-refractivity contribution is 7.15. The van der Waals surface area contributed by atoms with Crippen LogP contribution in [0.5, 0.6) is 5.75 Å². The Bertz CT molecular complexity index is 1120. The zero-order chi connectivity index (χ0) is 21.3. The molecule has 1 heterocycles. The topological polar surface area (TPSA) is 75.6 Å². The molecule has 5 nitrogen and oxygen atoms in total. The van der Waals surface area contributed by atoms with Gasteiger partial charge in [0.1, 0.15) is 21.4 Å². The molecule has 2 N–H and O–H groups in total. The molecule has 0 fully saturated rings. The SMILES string of the molecule is COc1c(Cl)cc(C(=O)Nc2scc(-c3ccc(F)cc3)c2C(=O)O)c(Cl)c1Cl. The maximum atomic E-state index is 13.2. The Morgan fingerprint density at radius 2 is 1.79 bits per heavy atom. The number of carbonyl (C=O) groups is 2. The van der Waals surface area contributed by atoms with Crippen molar-refractivity contribution in [3.05, 3.63) is 67.7 Å². The van der Waals surface area contributed by atoms with Gasteiger partial charge in [-0.25, -0.2) is 9.18 Å². The highest BCUT2D eigenvalue weighted by Gasteiger charge is 2.24. The van der Waals surface area contributed by atoms with Crippen LogP contribution in [0.4, 0.5) is 9.39 Å². The van der Waals surface area contributed by atoms with E-state index in [2.05, 4.69) is 5.32 Å². The summed E-state index contributed by atoms with van der Waals surface area (Å²) in [7, 11) is 1.35. The van der Waals surface area contributed by atoms with Crippen LogP contribution >= 0.6 is 46.1 Å². The third-order valence-corrected chi connectivity index (χ3v) is 5.98. The molecule has 0 saturated heterocycles. The number of thiophene rings is 1. The van der Waals surface area contributed by atoms with Crippen LogP contribution in [0, 0.1) is 5.82 Å². The van der Waals surface area contributed by atoms with Crippen molar-refractivity contribution < 1.29 is 23.8 Å². The van der Waals surface area contributed by atoms with Gasteiger partial charge in [-0.3, -0.25) is 4.79 Å². The predicted molar refractivity (Wildman–Crippen MR) is 113 cm³/mol. The number of benzene rings is 2. The zero-order valence-corrected chi connectivity index (χ0v) is 17.6. The Kier molecular flexibility index (Phi) is 6.33. The molecular weight excluding hydrogens is 464 g/mol. The van der Waals surface area contributed by atoms with Crippen molar-refractivity contribution in [3.8, 4) is 16.9 Å². The number of hydrogen-bond donors (Lipinski definition) is 2. The Labute approximate surface area is 183 Å². The first-order valence-corrected chi connectivity index (χ1v) is 9.89. The number of rotatable bonds is 5. The third kappa shape index (κ3) is 4.18. The number of carboxylic acid groups (broad SMARTS) is 1. The molecule has 0 bridgehead atoms. The van der Waals surface area contributed by atoms with Gasteiger partial charge < -0.3 is 15.2 Å². The van der Waals surface area contributed by atoms with Gasteiger partial charge in [0.25, 0.3) is 5.91 Å². The fourth-order valence-corrected chi connectivity index (χ4v) is 4.40.